The highest BCUT2D eigenvalue weighted by Crippen LogP contribution is 2.17. The number of hydrogen-bond donors (Lipinski definition) is 1. The van der Waals surface area contributed by atoms with Crippen molar-refractivity contribution in [2.24, 2.45) is 0 Å². The van der Waals surface area contributed by atoms with Crippen LogP contribution < -0.4 is 0 Å². The molecule has 1 aliphatic heterocycles. The Kier molecular flexibility index (Phi) is 6.17. The van der Waals surface area contributed by atoms with Crippen LogP contribution in [0.5, 0.6) is 0 Å². The molecule has 5 nitrogen and oxygen atoms in total. The van der Waals surface area contributed by atoms with Crippen LogP contribution in [0.25, 0.3) is 0 Å². The van der Waals surface area contributed by atoms with Crippen LogP contribution in [0.1, 0.15) is 28.8 Å². The largest absolute Gasteiger partial charge is 0.394 e. The van der Waals surface area contributed by atoms with Crippen LogP contribution in [0, 0.1) is 0 Å². The van der Waals surface area contributed by atoms with E-state index < -0.39 is 0 Å². The van der Waals surface area contributed by atoms with E-state index in [2.05, 4.69) is 0 Å². The van der Waals surface area contributed by atoms with E-state index >= 15 is 0 Å². The Morgan fingerprint density at radius 2 is 1.95 bits per heavy atom. The molecule has 0 saturated carbocycles. The number of rotatable bonds is 6. The SMILES string of the molecule is COCc1ccc(C(=O)N2CCC(OCCO)CC2)cc1. The molecule has 0 aliphatic carbocycles. The van der Waals surface area contributed by atoms with Gasteiger partial charge in [-0.15, -0.1) is 0 Å². The third kappa shape index (κ3) is 4.52. The van der Waals surface area contributed by atoms with Crippen LogP contribution in [-0.4, -0.2) is 55.4 Å². The summed E-state index contributed by atoms with van der Waals surface area (Å²) in [5, 5.41) is 8.75. The van der Waals surface area contributed by atoms with Gasteiger partial charge < -0.3 is 19.5 Å². The average Bonchev–Trinajstić information content (AvgIpc) is 2.54. The first-order chi connectivity index (χ1) is 10.2. The van der Waals surface area contributed by atoms with Gasteiger partial charge in [-0.05, 0) is 30.5 Å². The minimum Gasteiger partial charge on any atom is -0.394 e. The zero-order valence-electron chi connectivity index (χ0n) is 12.5. The maximum Gasteiger partial charge on any atom is 0.253 e. The molecule has 1 aromatic rings. The van der Waals surface area contributed by atoms with Gasteiger partial charge in [-0.3, -0.25) is 4.79 Å². The van der Waals surface area contributed by atoms with E-state index in [1.165, 1.54) is 0 Å². The minimum absolute atomic E-state index is 0.0486. The van der Waals surface area contributed by atoms with Gasteiger partial charge in [0.05, 0.1) is 25.9 Å². The number of piperidine rings is 1. The molecular weight excluding hydrogens is 270 g/mol. The van der Waals surface area contributed by atoms with Crippen molar-refractivity contribution >= 4 is 5.91 Å². The van der Waals surface area contributed by atoms with Crippen LogP contribution in [-0.2, 0) is 16.1 Å². The Hall–Kier alpha value is -1.43. The van der Waals surface area contributed by atoms with E-state index in [-0.39, 0.29) is 18.6 Å². The molecule has 1 fully saturated rings. The standard InChI is InChI=1S/C16H23NO4/c1-20-12-13-2-4-14(5-3-13)16(19)17-8-6-15(7-9-17)21-11-10-18/h2-5,15,18H,6-12H2,1H3. The zero-order chi connectivity index (χ0) is 15.1. The molecule has 0 atom stereocenters. The number of carbonyl (C=O) groups excluding carboxylic acids is 1. The van der Waals surface area contributed by atoms with Crippen LogP contribution in [0.3, 0.4) is 0 Å². The first kappa shape index (κ1) is 15.9. The third-order valence-corrected chi connectivity index (χ3v) is 3.69. The van der Waals surface area contributed by atoms with E-state index in [4.69, 9.17) is 14.6 Å². The highest BCUT2D eigenvalue weighted by atomic mass is 16.5. The lowest BCUT2D eigenvalue weighted by atomic mass is 10.1. The van der Waals surface area contributed by atoms with Crippen LogP contribution >= 0.6 is 0 Å². The van der Waals surface area contributed by atoms with Crippen molar-refractivity contribution in [1.82, 2.24) is 4.90 Å². The Morgan fingerprint density at radius 1 is 1.29 bits per heavy atom. The molecule has 21 heavy (non-hydrogen) atoms. The number of nitrogens with zero attached hydrogens (tertiary/aromatic N) is 1. The summed E-state index contributed by atoms with van der Waals surface area (Å²) in [6, 6.07) is 7.55. The number of ether oxygens (including phenoxy) is 2. The molecular formula is C16H23NO4. The molecule has 0 bridgehead atoms. The number of benzene rings is 1. The number of carbonyl (C=O) groups is 1. The van der Waals surface area contributed by atoms with Gasteiger partial charge in [0.2, 0.25) is 0 Å². The lowest BCUT2D eigenvalue weighted by Crippen LogP contribution is -2.41. The normalized spacial score (nSPS) is 16.2. The Balaban J connectivity index is 1.86. The maximum absolute atomic E-state index is 12.4. The number of amides is 1. The molecule has 1 aliphatic rings. The molecule has 2 rings (SSSR count). The first-order valence-corrected chi connectivity index (χ1v) is 7.34. The van der Waals surface area contributed by atoms with Gasteiger partial charge in [0.1, 0.15) is 0 Å². The number of methoxy groups -OCH3 is 1. The molecule has 116 valence electrons. The molecule has 1 N–H and O–H groups in total. The molecule has 0 radical (unpaired) electrons. The quantitative estimate of drug-likeness (QED) is 0.862. The molecule has 1 heterocycles. The van der Waals surface area contributed by atoms with E-state index in [1.807, 2.05) is 29.2 Å². The van der Waals surface area contributed by atoms with Crippen LogP contribution in [0.15, 0.2) is 24.3 Å². The van der Waals surface area contributed by atoms with E-state index in [9.17, 15) is 4.79 Å². The third-order valence-electron chi connectivity index (χ3n) is 3.69. The first-order valence-electron chi connectivity index (χ1n) is 7.34. The second-order valence-electron chi connectivity index (χ2n) is 5.22. The maximum atomic E-state index is 12.4. The van der Waals surface area contributed by atoms with Crippen molar-refractivity contribution in [3.05, 3.63) is 35.4 Å². The van der Waals surface area contributed by atoms with Crippen molar-refractivity contribution in [3.8, 4) is 0 Å². The van der Waals surface area contributed by atoms with Crippen molar-refractivity contribution in [3.63, 3.8) is 0 Å². The lowest BCUT2D eigenvalue weighted by Gasteiger charge is -2.32. The number of hydrogen-bond acceptors (Lipinski definition) is 4. The molecule has 1 amide bonds. The van der Waals surface area contributed by atoms with Gasteiger partial charge in [0.15, 0.2) is 0 Å². The average molecular weight is 293 g/mol. The van der Waals surface area contributed by atoms with Crippen molar-refractivity contribution < 1.29 is 19.4 Å². The van der Waals surface area contributed by atoms with Crippen LogP contribution in [0.2, 0.25) is 0 Å². The second kappa shape index (κ2) is 8.12. The van der Waals surface area contributed by atoms with Crippen molar-refractivity contribution in [2.45, 2.75) is 25.6 Å². The molecule has 1 saturated heterocycles. The fraction of sp³-hybridized carbons (Fsp3) is 0.562. The Bertz CT molecular complexity index is 438. The summed E-state index contributed by atoms with van der Waals surface area (Å²) in [6.07, 6.45) is 1.81. The fourth-order valence-corrected chi connectivity index (χ4v) is 2.54. The predicted octanol–water partition coefficient (Wildman–Crippen LogP) is 1.45. The van der Waals surface area contributed by atoms with E-state index in [0.29, 0.717) is 31.9 Å². The number of likely N-dealkylation sites (tertiary alicyclic amines) is 1. The fourth-order valence-electron chi connectivity index (χ4n) is 2.54. The minimum atomic E-state index is 0.0486. The summed E-state index contributed by atoms with van der Waals surface area (Å²) in [5.41, 5.74) is 1.77. The van der Waals surface area contributed by atoms with Crippen molar-refractivity contribution in [2.75, 3.05) is 33.4 Å². The van der Waals surface area contributed by atoms with Gasteiger partial charge in [-0.2, -0.15) is 0 Å². The molecule has 5 heteroatoms. The summed E-state index contributed by atoms with van der Waals surface area (Å²) in [6.45, 7) is 2.39. The molecule has 0 spiro atoms. The van der Waals surface area contributed by atoms with Gasteiger partial charge in [-0.25, -0.2) is 0 Å². The summed E-state index contributed by atoms with van der Waals surface area (Å²) in [7, 11) is 1.65. The van der Waals surface area contributed by atoms with Gasteiger partial charge >= 0.3 is 0 Å². The highest BCUT2D eigenvalue weighted by Gasteiger charge is 2.23. The Morgan fingerprint density at radius 3 is 2.52 bits per heavy atom. The summed E-state index contributed by atoms with van der Waals surface area (Å²) < 4.78 is 10.6. The summed E-state index contributed by atoms with van der Waals surface area (Å²) >= 11 is 0. The van der Waals surface area contributed by atoms with Gasteiger partial charge in [0, 0.05) is 25.8 Å². The Labute approximate surface area is 125 Å². The van der Waals surface area contributed by atoms with Gasteiger partial charge in [-0.1, -0.05) is 12.1 Å². The van der Waals surface area contributed by atoms with Gasteiger partial charge in [0.25, 0.3) is 5.91 Å². The second-order valence-corrected chi connectivity index (χ2v) is 5.22. The molecule has 0 aromatic heterocycles. The molecule has 1 aromatic carbocycles. The zero-order valence-corrected chi connectivity index (χ0v) is 12.5. The van der Waals surface area contributed by atoms with Crippen molar-refractivity contribution in [1.29, 1.82) is 0 Å². The smallest absolute Gasteiger partial charge is 0.253 e. The van der Waals surface area contributed by atoms with E-state index in [0.717, 1.165) is 18.4 Å². The number of aliphatic hydroxyl groups is 1. The highest BCUT2D eigenvalue weighted by molar-refractivity contribution is 5.94. The molecule has 0 unspecified atom stereocenters. The topological polar surface area (TPSA) is 59.0 Å². The van der Waals surface area contributed by atoms with Crippen LogP contribution in [0.4, 0.5) is 0 Å². The monoisotopic (exact) mass is 293 g/mol. The predicted molar refractivity (Wildman–Crippen MR) is 79.1 cm³/mol. The number of aliphatic hydroxyl groups excluding tert-OH is 1. The summed E-state index contributed by atoms with van der Waals surface area (Å²) in [5.74, 6) is 0.0691. The summed E-state index contributed by atoms with van der Waals surface area (Å²) in [4.78, 5) is 14.3. The van der Waals surface area contributed by atoms with E-state index in [1.54, 1.807) is 7.11 Å². The lowest BCUT2D eigenvalue weighted by molar-refractivity contribution is -0.00554.